The standard InChI is InChI=1S/C19H17N5OS2/c1-12(17(25)21-18-14(11-20)9-10-26-18)27-19-23-22-16(13-7-8-13)24(19)15-5-3-2-4-6-15/h2-6,9-10,12-13H,7-8H2,1H3,(H,21,25)/t12-/m0/s1. The zero-order valence-electron chi connectivity index (χ0n) is 14.6. The summed E-state index contributed by atoms with van der Waals surface area (Å²) in [6.07, 6.45) is 2.25. The van der Waals surface area contributed by atoms with E-state index in [4.69, 9.17) is 5.26 Å². The molecule has 1 atom stereocenters. The van der Waals surface area contributed by atoms with Crippen LogP contribution in [0.3, 0.4) is 0 Å². The Morgan fingerprint density at radius 2 is 2.11 bits per heavy atom. The number of para-hydroxylation sites is 1. The van der Waals surface area contributed by atoms with Crippen LogP contribution >= 0.6 is 23.1 Å². The predicted octanol–water partition coefficient (Wildman–Crippen LogP) is 4.20. The fourth-order valence-corrected chi connectivity index (χ4v) is 4.32. The summed E-state index contributed by atoms with van der Waals surface area (Å²) in [6, 6.07) is 13.8. The summed E-state index contributed by atoms with van der Waals surface area (Å²) in [4.78, 5) is 12.6. The molecule has 2 aromatic heterocycles. The maximum Gasteiger partial charge on any atom is 0.238 e. The van der Waals surface area contributed by atoms with Gasteiger partial charge in [0.25, 0.3) is 0 Å². The third-order valence-electron chi connectivity index (χ3n) is 4.29. The lowest BCUT2D eigenvalue weighted by Gasteiger charge is -2.13. The fraction of sp³-hybridized carbons (Fsp3) is 0.263. The Hall–Kier alpha value is -2.63. The second kappa shape index (κ2) is 7.55. The molecular weight excluding hydrogens is 378 g/mol. The molecule has 0 bridgehead atoms. The summed E-state index contributed by atoms with van der Waals surface area (Å²) < 4.78 is 2.05. The molecule has 6 nitrogen and oxygen atoms in total. The molecule has 0 aliphatic heterocycles. The van der Waals surface area contributed by atoms with Crippen molar-refractivity contribution in [1.82, 2.24) is 14.8 Å². The van der Waals surface area contributed by atoms with Gasteiger partial charge in [-0.05, 0) is 43.3 Å². The van der Waals surface area contributed by atoms with Crippen molar-refractivity contribution in [2.75, 3.05) is 5.32 Å². The van der Waals surface area contributed by atoms with Crippen molar-refractivity contribution < 1.29 is 4.79 Å². The largest absolute Gasteiger partial charge is 0.316 e. The quantitative estimate of drug-likeness (QED) is 0.633. The van der Waals surface area contributed by atoms with Crippen molar-refractivity contribution in [1.29, 1.82) is 5.26 Å². The van der Waals surface area contributed by atoms with Crippen LogP contribution in [-0.4, -0.2) is 25.9 Å². The number of hydrogen-bond acceptors (Lipinski definition) is 6. The highest BCUT2D eigenvalue weighted by atomic mass is 32.2. The molecule has 1 aromatic carbocycles. The van der Waals surface area contributed by atoms with E-state index in [9.17, 15) is 4.79 Å². The highest BCUT2D eigenvalue weighted by Crippen LogP contribution is 2.41. The van der Waals surface area contributed by atoms with Gasteiger partial charge in [0.1, 0.15) is 16.9 Å². The van der Waals surface area contributed by atoms with Crippen LogP contribution < -0.4 is 5.32 Å². The molecule has 3 aromatic rings. The number of thiophene rings is 1. The van der Waals surface area contributed by atoms with Crippen LogP contribution in [0.5, 0.6) is 0 Å². The van der Waals surface area contributed by atoms with E-state index in [1.54, 1.807) is 11.4 Å². The number of carbonyl (C=O) groups excluding carboxylic acids is 1. The minimum Gasteiger partial charge on any atom is -0.316 e. The number of nitriles is 1. The van der Waals surface area contributed by atoms with Crippen LogP contribution in [0.4, 0.5) is 5.00 Å². The lowest BCUT2D eigenvalue weighted by molar-refractivity contribution is -0.115. The maximum absolute atomic E-state index is 12.6. The topological polar surface area (TPSA) is 83.6 Å². The van der Waals surface area contributed by atoms with Crippen molar-refractivity contribution in [3.05, 3.63) is 53.2 Å². The summed E-state index contributed by atoms with van der Waals surface area (Å²) in [7, 11) is 0. The molecule has 1 aliphatic rings. The number of aromatic nitrogens is 3. The Bertz CT molecular complexity index is 1000. The van der Waals surface area contributed by atoms with E-state index in [2.05, 4.69) is 26.2 Å². The number of amides is 1. The van der Waals surface area contributed by atoms with Crippen LogP contribution in [0.1, 0.15) is 37.1 Å². The zero-order chi connectivity index (χ0) is 18.8. The third kappa shape index (κ3) is 3.75. The molecule has 136 valence electrons. The molecule has 0 saturated heterocycles. The summed E-state index contributed by atoms with van der Waals surface area (Å²) in [5.74, 6) is 1.25. The van der Waals surface area contributed by atoms with Gasteiger partial charge in [0, 0.05) is 11.6 Å². The number of thioether (sulfide) groups is 1. The molecular formula is C19H17N5OS2. The van der Waals surface area contributed by atoms with Crippen LogP contribution in [0, 0.1) is 11.3 Å². The number of anilines is 1. The fourth-order valence-electron chi connectivity index (χ4n) is 2.70. The van der Waals surface area contributed by atoms with E-state index in [-0.39, 0.29) is 11.2 Å². The van der Waals surface area contributed by atoms with Crippen molar-refractivity contribution in [3.8, 4) is 11.8 Å². The molecule has 0 radical (unpaired) electrons. The first-order chi connectivity index (χ1) is 13.2. The number of rotatable bonds is 6. The Morgan fingerprint density at radius 1 is 1.33 bits per heavy atom. The average molecular weight is 396 g/mol. The van der Waals surface area contributed by atoms with Crippen molar-refractivity contribution in [3.63, 3.8) is 0 Å². The van der Waals surface area contributed by atoms with Gasteiger partial charge in [-0.2, -0.15) is 5.26 Å². The summed E-state index contributed by atoms with van der Waals surface area (Å²) in [5, 5.41) is 23.4. The summed E-state index contributed by atoms with van der Waals surface area (Å²) >= 11 is 2.72. The highest BCUT2D eigenvalue weighted by molar-refractivity contribution is 8.00. The lowest BCUT2D eigenvalue weighted by atomic mass is 10.3. The van der Waals surface area contributed by atoms with Crippen molar-refractivity contribution in [2.24, 2.45) is 0 Å². The van der Waals surface area contributed by atoms with E-state index < -0.39 is 0 Å². The Balaban J connectivity index is 1.55. The lowest BCUT2D eigenvalue weighted by Crippen LogP contribution is -2.22. The maximum atomic E-state index is 12.6. The Kier molecular flexibility index (Phi) is 4.97. The molecule has 1 N–H and O–H groups in total. The predicted molar refractivity (Wildman–Crippen MR) is 106 cm³/mol. The molecule has 1 saturated carbocycles. The molecule has 2 heterocycles. The second-order valence-electron chi connectivity index (χ2n) is 6.31. The monoisotopic (exact) mass is 395 g/mol. The smallest absolute Gasteiger partial charge is 0.238 e. The molecule has 1 amide bonds. The van der Waals surface area contributed by atoms with E-state index in [1.807, 2.05) is 37.3 Å². The molecule has 1 aliphatic carbocycles. The van der Waals surface area contributed by atoms with Gasteiger partial charge < -0.3 is 5.32 Å². The molecule has 0 unspecified atom stereocenters. The Labute approximate surface area is 165 Å². The van der Waals surface area contributed by atoms with E-state index in [0.29, 0.717) is 21.6 Å². The zero-order valence-corrected chi connectivity index (χ0v) is 16.3. The first-order valence-electron chi connectivity index (χ1n) is 8.63. The van der Waals surface area contributed by atoms with Crippen LogP contribution in [0.2, 0.25) is 0 Å². The van der Waals surface area contributed by atoms with Gasteiger partial charge >= 0.3 is 0 Å². The van der Waals surface area contributed by atoms with Gasteiger partial charge in [-0.25, -0.2) is 0 Å². The number of carbonyl (C=O) groups is 1. The summed E-state index contributed by atoms with van der Waals surface area (Å²) in [5.41, 5.74) is 1.48. The van der Waals surface area contributed by atoms with Gasteiger partial charge in [0.15, 0.2) is 5.16 Å². The molecule has 27 heavy (non-hydrogen) atoms. The van der Waals surface area contributed by atoms with Crippen LogP contribution in [-0.2, 0) is 4.79 Å². The van der Waals surface area contributed by atoms with Gasteiger partial charge in [-0.15, -0.1) is 21.5 Å². The van der Waals surface area contributed by atoms with Crippen LogP contribution in [0.15, 0.2) is 46.9 Å². The Morgan fingerprint density at radius 3 is 2.81 bits per heavy atom. The number of nitrogens with zero attached hydrogens (tertiary/aromatic N) is 4. The second-order valence-corrected chi connectivity index (χ2v) is 8.53. The number of benzene rings is 1. The molecule has 0 spiro atoms. The molecule has 4 rings (SSSR count). The minimum absolute atomic E-state index is 0.158. The molecule has 1 fully saturated rings. The SMILES string of the molecule is C[C@H](Sc1nnc(C2CC2)n1-c1ccccc1)C(=O)Nc1sccc1C#N. The van der Waals surface area contributed by atoms with Crippen LogP contribution in [0.25, 0.3) is 5.69 Å². The van der Waals surface area contributed by atoms with E-state index >= 15 is 0 Å². The normalized spacial score (nSPS) is 14.5. The van der Waals surface area contributed by atoms with E-state index in [1.165, 1.54) is 23.1 Å². The highest BCUT2D eigenvalue weighted by Gasteiger charge is 2.32. The van der Waals surface area contributed by atoms with Gasteiger partial charge in [-0.3, -0.25) is 9.36 Å². The van der Waals surface area contributed by atoms with Gasteiger partial charge in [-0.1, -0.05) is 30.0 Å². The number of hydrogen-bond donors (Lipinski definition) is 1. The average Bonchev–Trinajstić information content (AvgIpc) is 3.30. The van der Waals surface area contributed by atoms with E-state index in [0.717, 1.165) is 24.4 Å². The first-order valence-corrected chi connectivity index (χ1v) is 10.4. The molecule has 8 heteroatoms. The first kappa shape index (κ1) is 17.8. The minimum atomic E-state index is -0.377. The number of nitrogens with one attached hydrogen (secondary N) is 1. The summed E-state index contributed by atoms with van der Waals surface area (Å²) in [6.45, 7) is 1.83. The van der Waals surface area contributed by atoms with Crippen molar-refractivity contribution >= 4 is 34.0 Å². The van der Waals surface area contributed by atoms with Gasteiger partial charge in [0.05, 0.1) is 10.8 Å². The third-order valence-corrected chi connectivity index (χ3v) is 6.16. The van der Waals surface area contributed by atoms with Gasteiger partial charge in [0.2, 0.25) is 5.91 Å². The van der Waals surface area contributed by atoms with Crippen molar-refractivity contribution in [2.45, 2.75) is 36.1 Å².